The van der Waals surface area contributed by atoms with Crippen molar-refractivity contribution in [2.24, 2.45) is 0 Å². The molecule has 0 spiro atoms. The molecule has 0 aliphatic carbocycles. The van der Waals surface area contributed by atoms with Gasteiger partial charge >= 0.3 is 6.83 Å². The van der Waals surface area contributed by atoms with Gasteiger partial charge in [0.25, 0.3) is 0 Å². The van der Waals surface area contributed by atoms with Crippen LogP contribution in [0.2, 0.25) is 0 Å². The second-order valence-corrected chi connectivity index (χ2v) is 9.49. The van der Waals surface area contributed by atoms with Gasteiger partial charge in [-0.15, -0.1) is 0 Å². The van der Waals surface area contributed by atoms with Gasteiger partial charge in [0.05, 0.1) is 33.9 Å². The number of halogens is 1. The molecule has 0 radical (unpaired) electrons. The van der Waals surface area contributed by atoms with Crippen LogP contribution >= 0.6 is 0 Å². The average Bonchev–Trinajstić information content (AvgIpc) is 2.92. The molecule has 0 unspecified atom stereocenters. The van der Waals surface area contributed by atoms with E-state index in [-0.39, 0.29) is 0 Å². The molecule has 0 fully saturated rings. The van der Waals surface area contributed by atoms with Gasteiger partial charge in [-0.25, -0.2) is 0 Å². The van der Waals surface area contributed by atoms with Crippen LogP contribution in [0.1, 0.15) is 0 Å². The van der Waals surface area contributed by atoms with Crippen LogP contribution in [0.4, 0.5) is 27.1 Å². The lowest BCUT2D eigenvalue weighted by Crippen LogP contribution is -2.83. The van der Waals surface area contributed by atoms with E-state index in [0.29, 0.717) is 34.4 Å². The molecule has 170 valence electrons. The van der Waals surface area contributed by atoms with Crippen molar-refractivity contribution in [3.63, 3.8) is 0 Å². The number of pyridine rings is 1. The third-order valence-corrected chi connectivity index (χ3v) is 7.73. The molecule has 1 aromatic heterocycles. The van der Waals surface area contributed by atoms with E-state index in [0.717, 1.165) is 33.9 Å². The van der Waals surface area contributed by atoms with Gasteiger partial charge in [0.1, 0.15) is 23.0 Å². The minimum atomic E-state index is -3.12. The minimum absolute atomic E-state index is 0.628. The number of ether oxygens (including phenoxy) is 2. The Kier molecular flexibility index (Phi) is 3.13. The second kappa shape index (κ2) is 6.07. The van der Waals surface area contributed by atoms with E-state index in [4.69, 9.17) is 9.47 Å². The molecule has 0 saturated heterocycles. The molecule has 5 nitrogen and oxygen atoms in total. The summed E-state index contributed by atoms with van der Waals surface area (Å²) in [5.74, 6) is 2.54. The zero-order valence-electron chi connectivity index (χ0n) is 18.9. The highest BCUT2D eigenvalue weighted by Crippen LogP contribution is 2.60. The Morgan fingerprint density at radius 2 is 0.972 bits per heavy atom. The summed E-state index contributed by atoms with van der Waals surface area (Å²) in [6, 6.07) is 33.2. The number of nitrogens with zero attached hydrogens (tertiary/aromatic N) is 3. The number of aromatic nitrogens is 1. The molecule has 0 saturated carbocycles. The highest BCUT2D eigenvalue weighted by molar-refractivity contribution is 6.77. The van der Waals surface area contributed by atoms with Gasteiger partial charge in [-0.05, 0) is 54.6 Å². The Labute approximate surface area is 206 Å². The summed E-state index contributed by atoms with van der Waals surface area (Å²) < 4.78 is 33.4. The molecule has 0 atom stereocenters. The first-order valence-electron chi connectivity index (χ1n) is 12.0. The van der Waals surface area contributed by atoms with E-state index in [9.17, 15) is 0 Å². The van der Waals surface area contributed by atoms with Crippen LogP contribution in [-0.4, -0.2) is 6.83 Å². The largest absolute Gasteiger partial charge is 0.667 e. The van der Waals surface area contributed by atoms with Crippen molar-refractivity contribution in [3.8, 4) is 45.5 Å². The van der Waals surface area contributed by atoms with Crippen molar-refractivity contribution in [3.05, 3.63) is 103 Å². The number of para-hydroxylation sites is 6. The number of benzene rings is 4. The molecule has 7 heteroatoms. The van der Waals surface area contributed by atoms with Gasteiger partial charge < -0.3 is 27.9 Å². The van der Waals surface area contributed by atoms with Crippen LogP contribution in [0.3, 0.4) is 0 Å². The van der Waals surface area contributed by atoms with E-state index >= 15 is 4.32 Å². The monoisotopic (exact) mass is 469 g/mol. The SMILES string of the molecule is F[B-]12N3c4ccccc4Oc4cccc(c43)-c3cccc([n+]31)-c1cccc3c1N2c1ccccc1O3. The summed E-state index contributed by atoms with van der Waals surface area (Å²) in [5.41, 5.74) is 6.34. The van der Waals surface area contributed by atoms with Gasteiger partial charge in [-0.1, -0.05) is 36.4 Å². The summed E-state index contributed by atoms with van der Waals surface area (Å²) >= 11 is 0. The third kappa shape index (κ3) is 1.95. The van der Waals surface area contributed by atoms with Crippen molar-refractivity contribution in [1.29, 1.82) is 0 Å². The van der Waals surface area contributed by atoms with Crippen LogP contribution in [0.15, 0.2) is 103 Å². The lowest BCUT2D eigenvalue weighted by molar-refractivity contribution is -0.535. The molecule has 5 heterocycles. The third-order valence-electron chi connectivity index (χ3n) is 7.73. The Morgan fingerprint density at radius 3 is 1.50 bits per heavy atom. The molecule has 0 N–H and O–H groups in total. The second-order valence-electron chi connectivity index (χ2n) is 9.49. The first-order valence-corrected chi connectivity index (χ1v) is 12.0. The van der Waals surface area contributed by atoms with Gasteiger partial charge in [-0.3, -0.25) is 0 Å². The molecule has 5 aromatic rings. The van der Waals surface area contributed by atoms with Crippen molar-refractivity contribution in [2.75, 3.05) is 9.62 Å². The molecule has 4 aromatic carbocycles. The summed E-state index contributed by atoms with van der Waals surface area (Å²) in [6.45, 7) is -3.12. The van der Waals surface area contributed by atoms with Gasteiger partial charge in [0, 0.05) is 12.1 Å². The van der Waals surface area contributed by atoms with Gasteiger partial charge in [0.15, 0.2) is 11.4 Å². The quantitative estimate of drug-likeness (QED) is 0.227. The van der Waals surface area contributed by atoms with E-state index in [1.54, 1.807) is 0 Å². The number of hydrogen-bond acceptors (Lipinski definition) is 4. The number of anilines is 4. The van der Waals surface area contributed by atoms with Gasteiger partial charge in [-0.2, -0.15) is 0 Å². The van der Waals surface area contributed by atoms with E-state index in [2.05, 4.69) is 0 Å². The van der Waals surface area contributed by atoms with Crippen LogP contribution in [0, 0.1) is 0 Å². The standard InChI is InChI=1S/C29H17BFN3O2/c31-30-32-20(18-8-5-16-26-28(18)33(30)22-10-1-3-14-24(22)35-26)12-7-13-21(32)19-9-6-17-27-29(19)34(30)23-11-2-4-15-25(23)36-27/h1-17H. The average molecular weight is 469 g/mol. The molecule has 4 aliphatic heterocycles. The first-order chi connectivity index (χ1) is 17.7. The highest BCUT2D eigenvalue weighted by atomic mass is 19.1. The molecule has 4 aliphatic rings. The summed E-state index contributed by atoms with van der Waals surface area (Å²) in [5, 5.41) is 0. The maximum absolute atomic E-state index is 18.8. The Morgan fingerprint density at radius 1 is 0.528 bits per heavy atom. The molecule has 36 heavy (non-hydrogen) atoms. The normalized spacial score (nSPS) is 15.9. The highest BCUT2D eigenvalue weighted by Gasteiger charge is 2.64. The summed E-state index contributed by atoms with van der Waals surface area (Å²) in [4.78, 5) is 3.70. The summed E-state index contributed by atoms with van der Waals surface area (Å²) in [6.07, 6.45) is 0. The predicted octanol–water partition coefficient (Wildman–Crippen LogP) is 7.08. The van der Waals surface area contributed by atoms with Crippen molar-refractivity contribution in [2.45, 2.75) is 0 Å². The topological polar surface area (TPSA) is 28.8 Å². The first kappa shape index (κ1) is 18.5. The van der Waals surface area contributed by atoms with E-state index in [1.165, 1.54) is 0 Å². The number of rotatable bonds is 0. The van der Waals surface area contributed by atoms with Crippen molar-refractivity contribution >= 4 is 29.6 Å². The van der Waals surface area contributed by atoms with Crippen LogP contribution in [0.5, 0.6) is 23.0 Å². The maximum Gasteiger partial charge on any atom is 0.667 e. The molecule has 9 rings (SSSR count). The Bertz CT molecular complexity index is 1680. The lowest BCUT2D eigenvalue weighted by Gasteiger charge is -2.56. The fraction of sp³-hybridized carbons (Fsp3) is 0. The predicted molar refractivity (Wildman–Crippen MR) is 137 cm³/mol. The molecule has 0 bridgehead atoms. The summed E-state index contributed by atoms with van der Waals surface area (Å²) in [7, 11) is 0. The zero-order valence-corrected chi connectivity index (χ0v) is 18.9. The zero-order chi connectivity index (χ0) is 23.6. The molecule has 0 amide bonds. The van der Waals surface area contributed by atoms with Crippen LogP contribution in [-0.2, 0) is 0 Å². The molecular weight excluding hydrogens is 452 g/mol. The number of hydrogen-bond donors (Lipinski definition) is 0. The Balaban J connectivity index is 1.50. The van der Waals surface area contributed by atoms with Crippen molar-refractivity contribution in [1.82, 2.24) is 0 Å². The minimum Gasteiger partial charge on any atom is -0.453 e. The van der Waals surface area contributed by atoms with Crippen LogP contribution in [0.25, 0.3) is 22.5 Å². The van der Waals surface area contributed by atoms with E-state index in [1.807, 2.05) is 117 Å². The maximum atomic E-state index is 18.8. The lowest BCUT2D eigenvalue weighted by atomic mass is 9.68. The number of fused-ring (bicyclic) bond motifs is 8. The molecular formula is C29H17BFN3O2. The Hall–Kier alpha value is -4.78. The van der Waals surface area contributed by atoms with Crippen molar-refractivity contribution < 1.29 is 18.3 Å². The van der Waals surface area contributed by atoms with E-state index < -0.39 is 6.83 Å². The fourth-order valence-corrected chi connectivity index (χ4v) is 6.43. The fourth-order valence-electron chi connectivity index (χ4n) is 6.43. The smallest absolute Gasteiger partial charge is 0.453 e. The van der Waals surface area contributed by atoms with Gasteiger partial charge in [0.2, 0.25) is 0 Å². The van der Waals surface area contributed by atoms with Crippen LogP contribution < -0.4 is 23.6 Å².